The van der Waals surface area contributed by atoms with Gasteiger partial charge in [0.15, 0.2) is 0 Å². The third kappa shape index (κ3) is 4.12. The Bertz CT molecular complexity index is 2140. The highest BCUT2D eigenvalue weighted by Gasteiger charge is 2.21. The summed E-state index contributed by atoms with van der Waals surface area (Å²) in [5.74, 6) is 0.0224. The zero-order chi connectivity index (χ0) is 27.1. The van der Waals surface area contributed by atoms with Crippen LogP contribution in [0, 0.1) is 22.7 Å². The molecule has 1 N–H and O–H groups in total. The van der Waals surface area contributed by atoms with E-state index in [-0.39, 0.29) is 35.3 Å². The van der Waals surface area contributed by atoms with Crippen molar-refractivity contribution in [3.05, 3.63) is 105 Å². The van der Waals surface area contributed by atoms with E-state index in [1.165, 1.54) is 0 Å². The van der Waals surface area contributed by atoms with E-state index < -0.39 is 5.63 Å². The maximum atomic E-state index is 13.0. The van der Waals surface area contributed by atoms with Crippen LogP contribution >= 0.6 is 11.6 Å². The number of fused-ring (bicyclic) bond motifs is 5. The van der Waals surface area contributed by atoms with Gasteiger partial charge in [-0.05, 0) is 48.7 Å². The molecule has 0 aliphatic carbocycles. The van der Waals surface area contributed by atoms with Gasteiger partial charge in [0, 0.05) is 26.7 Å². The largest absolute Gasteiger partial charge is 0.507 e. The minimum absolute atomic E-state index is 0.0224. The number of aromatic hydroxyl groups is 1. The van der Waals surface area contributed by atoms with Crippen molar-refractivity contribution in [2.45, 2.75) is 12.8 Å². The summed E-state index contributed by atoms with van der Waals surface area (Å²) in [6.07, 6.45) is 0.262. The van der Waals surface area contributed by atoms with Crippen molar-refractivity contribution < 1.29 is 9.52 Å². The number of rotatable bonds is 4. The number of hydrogen-bond acceptors (Lipinski definition) is 7. The van der Waals surface area contributed by atoms with Crippen LogP contribution in [0.15, 0.2) is 87.6 Å². The quantitative estimate of drug-likeness (QED) is 0.115. The molecule has 7 nitrogen and oxygen atoms in total. The smallest absolute Gasteiger partial charge is 0.343 e. The lowest BCUT2D eigenvalue weighted by molar-refractivity contribution is 0.475. The van der Waals surface area contributed by atoms with E-state index in [0.29, 0.717) is 49.0 Å². The molecular formula is C31H17ClN4O3. The number of hydrogen-bond donors (Lipinski definition) is 1. The fraction of sp³-hybridized carbons (Fsp3) is 0.0645. The molecule has 39 heavy (non-hydrogen) atoms. The Hall–Kier alpha value is -5.24. The van der Waals surface area contributed by atoms with Gasteiger partial charge >= 0.3 is 5.63 Å². The van der Waals surface area contributed by atoms with E-state index in [1.54, 1.807) is 54.6 Å². The first-order valence-corrected chi connectivity index (χ1v) is 12.4. The first-order valence-electron chi connectivity index (χ1n) is 12.0. The van der Waals surface area contributed by atoms with Crippen LogP contribution in [0.2, 0.25) is 5.02 Å². The van der Waals surface area contributed by atoms with Crippen LogP contribution in [0.5, 0.6) is 5.75 Å². The highest BCUT2D eigenvalue weighted by atomic mass is 35.5. The Labute approximate surface area is 226 Å². The number of allylic oxidation sites excluding steroid dienone is 2. The number of nitrogens with zero attached hydrogens (tertiary/aromatic N) is 4. The van der Waals surface area contributed by atoms with E-state index in [1.807, 2.05) is 30.3 Å². The number of phenols is 1. The van der Waals surface area contributed by atoms with Gasteiger partial charge in [0.25, 0.3) is 0 Å². The Morgan fingerprint density at radius 3 is 2.41 bits per heavy atom. The zero-order valence-corrected chi connectivity index (χ0v) is 21.0. The molecule has 4 aromatic carbocycles. The van der Waals surface area contributed by atoms with Crippen LogP contribution in [0.3, 0.4) is 0 Å². The monoisotopic (exact) mass is 528 g/mol. The summed E-state index contributed by atoms with van der Waals surface area (Å²) in [6.45, 7) is 0. The number of nitriles is 2. The summed E-state index contributed by atoms with van der Waals surface area (Å²) in [7, 11) is 0. The lowest BCUT2D eigenvalue weighted by Gasteiger charge is -2.14. The summed E-state index contributed by atoms with van der Waals surface area (Å²) in [4.78, 5) is 22.6. The second-order valence-corrected chi connectivity index (χ2v) is 9.43. The second-order valence-electron chi connectivity index (χ2n) is 8.99. The molecule has 0 bridgehead atoms. The first-order chi connectivity index (χ1) is 19.0. The van der Waals surface area contributed by atoms with E-state index in [4.69, 9.17) is 26.0 Å². The number of benzene rings is 4. The normalized spacial score (nSPS) is 11.1. The molecular weight excluding hydrogens is 512 g/mol. The van der Waals surface area contributed by atoms with Crippen LogP contribution < -0.4 is 5.63 Å². The fourth-order valence-corrected chi connectivity index (χ4v) is 5.08. The molecule has 0 amide bonds. The molecule has 0 fully saturated rings. The standard InChI is InChI=1S/C31H17ClN4O3/c32-19-9-12-25-26(14-19)36-29-23(30(37)22-7-3-2-6-21(22)28(29)35-25)11-10-20(18(15-33)16-34)24-13-17-5-1-4-8-27(17)39-31(24)38/h1-9,12-14,37H,10-11H2. The molecule has 0 aliphatic rings. The van der Waals surface area contributed by atoms with Crippen molar-refractivity contribution in [2.24, 2.45) is 0 Å². The molecule has 0 saturated heterocycles. The molecule has 0 saturated carbocycles. The van der Waals surface area contributed by atoms with Crippen LogP contribution in [-0.4, -0.2) is 15.1 Å². The number of aryl methyl sites for hydroxylation is 1. The molecule has 186 valence electrons. The van der Waals surface area contributed by atoms with E-state index in [0.717, 1.165) is 5.39 Å². The zero-order valence-electron chi connectivity index (χ0n) is 20.3. The maximum Gasteiger partial charge on any atom is 0.343 e. The van der Waals surface area contributed by atoms with Crippen LogP contribution in [0.1, 0.15) is 17.5 Å². The summed E-state index contributed by atoms with van der Waals surface area (Å²) in [5, 5.41) is 33.3. The van der Waals surface area contributed by atoms with Crippen LogP contribution in [-0.2, 0) is 6.42 Å². The predicted octanol–water partition coefficient (Wildman–Crippen LogP) is 6.84. The number of halogens is 1. The summed E-state index contributed by atoms with van der Waals surface area (Å²) < 4.78 is 5.48. The topological polar surface area (TPSA) is 124 Å². The van der Waals surface area contributed by atoms with Gasteiger partial charge in [-0.15, -0.1) is 0 Å². The molecule has 6 aromatic rings. The van der Waals surface area contributed by atoms with Gasteiger partial charge in [0.2, 0.25) is 0 Å². The molecule has 8 heteroatoms. The van der Waals surface area contributed by atoms with Crippen molar-refractivity contribution in [2.75, 3.05) is 0 Å². The highest BCUT2D eigenvalue weighted by molar-refractivity contribution is 6.31. The van der Waals surface area contributed by atoms with Crippen LogP contribution in [0.25, 0.3) is 49.4 Å². The predicted molar refractivity (Wildman–Crippen MR) is 150 cm³/mol. The third-order valence-electron chi connectivity index (χ3n) is 6.75. The van der Waals surface area contributed by atoms with Gasteiger partial charge < -0.3 is 9.52 Å². The number of para-hydroxylation sites is 1. The minimum Gasteiger partial charge on any atom is -0.507 e. The molecule has 0 atom stereocenters. The SMILES string of the molecule is N#CC(C#N)=C(CCc1c(O)c2ccccc2c2nc3ccc(Cl)cc3nc12)c1cc2ccccc2oc1=O. The van der Waals surface area contributed by atoms with Crippen molar-refractivity contribution in [3.8, 4) is 17.9 Å². The van der Waals surface area contributed by atoms with Crippen molar-refractivity contribution in [1.82, 2.24) is 9.97 Å². The lowest BCUT2D eigenvalue weighted by Crippen LogP contribution is -2.09. The number of phenolic OH excluding ortho intramolecular Hbond substituents is 1. The van der Waals surface area contributed by atoms with Gasteiger partial charge in [-0.3, -0.25) is 0 Å². The van der Waals surface area contributed by atoms with Crippen molar-refractivity contribution >= 4 is 61.0 Å². The molecule has 0 radical (unpaired) electrons. The van der Waals surface area contributed by atoms with Gasteiger partial charge in [-0.1, -0.05) is 54.1 Å². The molecule has 2 heterocycles. The molecule has 0 aliphatic heterocycles. The number of aromatic nitrogens is 2. The summed E-state index contributed by atoms with van der Waals surface area (Å²) in [5.41, 5.74) is 2.68. The maximum absolute atomic E-state index is 13.0. The third-order valence-corrected chi connectivity index (χ3v) is 6.99. The average Bonchev–Trinajstić information content (AvgIpc) is 2.95. The molecule has 6 rings (SSSR count). The van der Waals surface area contributed by atoms with Crippen molar-refractivity contribution in [3.63, 3.8) is 0 Å². The minimum atomic E-state index is -0.653. The second kappa shape index (κ2) is 9.57. The van der Waals surface area contributed by atoms with Gasteiger partial charge in [0.1, 0.15) is 29.0 Å². The Morgan fingerprint density at radius 2 is 1.62 bits per heavy atom. The van der Waals surface area contributed by atoms with Gasteiger partial charge in [-0.2, -0.15) is 10.5 Å². The Balaban J connectivity index is 1.56. The Kier molecular flexibility index (Phi) is 5.92. The lowest BCUT2D eigenvalue weighted by atomic mass is 9.92. The fourth-order valence-electron chi connectivity index (χ4n) is 4.91. The highest BCUT2D eigenvalue weighted by Crippen LogP contribution is 2.38. The first kappa shape index (κ1) is 24.1. The van der Waals surface area contributed by atoms with E-state index in [2.05, 4.69) is 0 Å². The molecule has 2 aromatic heterocycles. The van der Waals surface area contributed by atoms with E-state index in [9.17, 15) is 20.4 Å². The molecule has 0 spiro atoms. The summed E-state index contributed by atoms with van der Waals surface area (Å²) >= 11 is 6.21. The van der Waals surface area contributed by atoms with Gasteiger partial charge in [-0.25, -0.2) is 14.8 Å². The van der Waals surface area contributed by atoms with Crippen molar-refractivity contribution in [1.29, 1.82) is 10.5 Å². The van der Waals surface area contributed by atoms with E-state index >= 15 is 0 Å². The molecule has 0 unspecified atom stereocenters. The van der Waals surface area contributed by atoms with Crippen LogP contribution in [0.4, 0.5) is 0 Å². The van der Waals surface area contributed by atoms with Gasteiger partial charge in [0.05, 0.1) is 27.6 Å². The average molecular weight is 529 g/mol. The Morgan fingerprint density at radius 1 is 0.897 bits per heavy atom. The summed E-state index contributed by atoms with van der Waals surface area (Å²) in [6, 6.07) is 25.0.